The molecule has 0 radical (unpaired) electrons. The van der Waals surface area contributed by atoms with Gasteiger partial charge in [-0.2, -0.15) is 0 Å². The van der Waals surface area contributed by atoms with Crippen LogP contribution in [0.1, 0.15) is 21.6 Å². The van der Waals surface area contributed by atoms with Crippen LogP contribution in [0.5, 0.6) is 11.5 Å². The second kappa shape index (κ2) is 8.32. The van der Waals surface area contributed by atoms with E-state index >= 15 is 0 Å². The van der Waals surface area contributed by atoms with Crippen molar-refractivity contribution in [3.05, 3.63) is 35.2 Å². The molecule has 0 saturated carbocycles. The molecule has 2 aromatic rings. The zero-order valence-electron chi connectivity index (χ0n) is 16.4. The lowest BCUT2D eigenvalue weighted by Gasteiger charge is -2.39. The fraction of sp³-hybridized carbons (Fsp3) is 0.444. The number of aryl methyl sites for hydroxylation is 1. The molecule has 1 aromatic carbocycles. The Hall–Kier alpha value is -3.12. The highest BCUT2D eigenvalue weighted by Gasteiger charge is 2.35. The van der Waals surface area contributed by atoms with Crippen molar-refractivity contribution in [2.75, 3.05) is 20.1 Å². The van der Waals surface area contributed by atoms with Gasteiger partial charge in [-0.1, -0.05) is 11.3 Å². The number of likely N-dealkylation sites (tertiary alicyclic amines) is 1. The number of hydrogen-bond donors (Lipinski definition) is 3. The number of carbonyl (C=O) groups is 2. The van der Waals surface area contributed by atoms with Gasteiger partial charge in [-0.3, -0.25) is 4.79 Å². The van der Waals surface area contributed by atoms with Crippen LogP contribution >= 0.6 is 0 Å². The van der Waals surface area contributed by atoms with E-state index in [1.165, 1.54) is 4.68 Å². The van der Waals surface area contributed by atoms with Gasteiger partial charge in [0.2, 0.25) is 5.91 Å². The molecule has 1 amide bonds. The minimum absolute atomic E-state index is 0.0778. The van der Waals surface area contributed by atoms with Crippen molar-refractivity contribution in [3.63, 3.8) is 0 Å². The van der Waals surface area contributed by atoms with Crippen LogP contribution in [0.2, 0.25) is 6.32 Å². The summed E-state index contributed by atoms with van der Waals surface area (Å²) >= 11 is 0. The highest BCUT2D eigenvalue weighted by Crippen LogP contribution is 2.37. The smallest absolute Gasteiger partial charge is 0.522 e. The quantitative estimate of drug-likeness (QED) is 0.506. The Morgan fingerprint density at radius 2 is 2.20 bits per heavy atom. The molecule has 11 nitrogen and oxygen atoms in total. The van der Waals surface area contributed by atoms with Crippen LogP contribution in [0.15, 0.2) is 18.3 Å². The highest BCUT2D eigenvalue weighted by molar-refractivity contribution is 6.44. The first kappa shape index (κ1) is 20.2. The molecule has 2 aliphatic heterocycles. The van der Waals surface area contributed by atoms with Gasteiger partial charge >= 0.3 is 13.1 Å². The summed E-state index contributed by atoms with van der Waals surface area (Å²) in [6.07, 6.45) is 2.33. The van der Waals surface area contributed by atoms with E-state index in [-0.39, 0.29) is 35.6 Å². The number of carboxylic acids is 1. The third-order valence-corrected chi connectivity index (χ3v) is 5.07. The van der Waals surface area contributed by atoms with E-state index in [0.29, 0.717) is 32.4 Å². The van der Waals surface area contributed by atoms with Crippen molar-refractivity contribution in [2.24, 2.45) is 0 Å². The molecule has 1 aromatic heterocycles. The maximum atomic E-state index is 12.4. The largest absolute Gasteiger partial charge is 0.535 e. The molecular formula is C18H22BN5O6. The number of aromatic carboxylic acids is 1. The van der Waals surface area contributed by atoms with Crippen LogP contribution in [0.25, 0.3) is 0 Å². The normalized spacial score (nSPS) is 15.9. The van der Waals surface area contributed by atoms with E-state index in [1.54, 1.807) is 30.3 Å². The first-order valence-electron chi connectivity index (χ1n) is 9.66. The Morgan fingerprint density at radius 3 is 2.93 bits per heavy atom. The number of carbonyl (C=O) groups excluding carboxylic acids is 1. The number of amides is 1. The first-order valence-corrected chi connectivity index (χ1v) is 9.66. The van der Waals surface area contributed by atoms with Crippen LogP contribution in [0, 0.1) is 0 Å². The minimum Gasteiger partial charge on any atom is -0.535 e. The molecule has 3 N–H and O–H groups in total. The SMILES string of the molecule is CNCc1cn(CC(=O)N2CC(Oc3ccc4c(c3C(=O)O)OB(O)CC4)C2)nn1. The van der Waals surface area contributed by atoms with Gasteiger partial charge in [0, 0.05) is 6.54 Å². The van der Waals surface area contributed by atoms with E-state index in [4.69, 9.17) is 9.39 Å². The number of fused-ring (bicyclic) bond motifs is 1. The summed E-state index contributed by atoms with van der Waals surface area (Å²) in [5.74, 6) is -0.993. The number of hydrogen-bond acceptors (Lipinski definition) is 8. The monoisotopic (exact) mass is 415 g/mol. The van der Waals surface area contributed by atoms with Gasteiger partial charge in [0.05, 0.1) is 25.0 Å². The van der Waals surface area contributed by atoms with E-state index < -0.39 is 13.1 Å². The maximum Gasteiger partial charge on any atom is 0.522 e. The number of nitrogens with one attached hydrogen (secondary N) is 1. The lowest BCUT2D eigenvalue weighted by Crippen LogP contribution is -2.57. The standard InChI is InChI=1S/C18H22BN5O6/c1-20-6-12-7-24(22-21-12)10-15(25)23-8-13(9-23)29-14-3-2-11-4-5-19(28)30-17(11)16(14)18(26)27/h2-3,7,13,20,28H,4-6,8-10H2,1H3,(H,26,27). The summed E-state index contributed by atoms with van der Waals surface area (Å²) in [6.45, 7) is 1.34. The molecule has 0 bridgehead atoms. The summed E-state index contributed by atoms with van der Waals surface area (Å²) in [4.78, 5) is 25.8. The molecule has 3 heterocycles. The summed E-state index contributed by atoms with van der Waals surface area (Å²) in [7, 11) is 0.768. The van der Waals surface area contributed by atoms with Gasteiger partial charge in [0.25, 0.3) is 0 Å². The zero-order valence-corrected chi connectivity index (χ0v) is 16.4. The highest BCUT2D eigenvalue weighted by atomic mass is 16.5. The summed E-state index contributed by atoms with van der Waals surface area (Å²) < 4.78 is 12.7. The first-order chi connectivity index (χ1) is 14.4. The third-order valence-electron chi connectivity index (χ3n) is 5.07. The van der Waals surface area contributed by atoms with E-state index in [0.717, 1.165) is 11.3 Å². The van der Waals surface area contributed by atoms with Crippen LogP contribution in [0.4, 0.5) is 0 Å². The van der Waals surface area contributed by atoms with Crippen LogP contribution < -0.4 is 14.7 Å². The van der Waals surface area contributed by atoms with Gasteiger partial charge in [0.15, 0.2) is 0 Å². The van der Waals surface area contributed by atoms with Gasteiger partial charge in [-0.15, -0.1) is 5.10 Å². The van der Waals surface area contributed by atoms with Crippen LogP contribution in [0.3, 0.4) is 0 Å². The van der Waals surface area contributed by atoms with Crippen molar-refractivity contribution >= 4 is 19.0 Å². The molecule has 1 fully saturated rings. The Labute approximate surface area is 172 Å². The fourth-order valence-electron chi connectivity index (χ4n) is 3.53. The van der Waals surface area contributed by atoms with Crippen molar-refractivity contribution in [1.29, 1.82) is 0 Å². The molecule has 2 aliphatic rings. The van der Waals surface area contributed by atoms with E-state index in [2.05, 4.69) is 15.6 Å². The third kappa shape index (κ3) is 4.09. The number of rotatable bonds is 7. The molecule has 0 atom stereocenters. The Kier molecular flexibility index (Phi) is 5.60. The molecule has 30 heavy (non-hydrogen) atoms. The number of carboxylic acid groups (broad SMARTS) is 1. The molecule has 12 heteroatoms. The predicted molar refractivity (Wildman–Crippen MR) is 104 cm³/mol. The Bertz CT molecular complexity index is 961. The molecular weight excluding hydrogens is 393 g/mol. The lowest BCUT2D eigenvalue weighted by molar-refractivity contribution is -0.140. The number of nitrogens with zero attached hydrogens (tertiary/aromatic N) is 4. The summed E-state index contributed by atoms with van der Waals surface area (Å²) in [5.41, 5.74) is 1.37. The second-order valence-corrected chi connectivity index (χ2v) is 7.32. The minimum atomic E-state index is -1.19. The molecule has 4 rings (SSSR count). The van der Waals surface area contributed by atoms with E-state index in [9.17, 15) is 19.7 Å². The van der Waals surface area contributed by atoms with Gasteiger partial charge in [0.1, 0.15) is 29.7 Å². The number of aromatic nitrogens is 3. The average molecular weight is 415 g/mol. The zero-order chi connectivity index (χ0) is 21.3. The van der Waals surface area contributed by atoms with Crippen molar-refractivity contribution in [1.82, 2.24) is 25.2 Å². The molecule has 0 aliphatic carbocycles. The Morgan fingerprint density at radius 1 is 1.40 bits per heavy atom. The second-order valence-electron chi connectivity index (χ2n) is 7.32. The maximum absolute atomic E-state index is 12.4. The number of benzene rings is 1. The molecule has 158 valence electrons. The molecule has 0 unspecified atom stereocenters. The van der Waals surface area contributed by atoms with Gasteiger partial charge in [-0.25, -0.2) is 9.48 Å². The van der Waals surface area contributed by atoms with Crippen LogP contribution in [-0.2, 0) is 24.3 Å². The van der Waals surface area contributed by atoms with Gasteiger partial charge in [-0.05, 0) is 31.4 Å². The molecule has 1 saturated heterocycles. The summed E-state index contributed by atoms with van der Waals surface area (Å²) in [5, 5.41) is 30.2. The van der Waals surface area contributed by atoms with Crippen molar-refractivity contribution in [3.8, 4) is 11.5 Å². The molecule has 0 spiro atoms. The Balaban J connectivity index is 1.37. The lowest BCUT2D eigenvalue weighted by atomic mass is 9.78. The average Bonchev–Trinajstić information content (AvgIpc) is 3.10. The van der Waals surface area contributed by atoms with Crippen molar-refractivity contribution in [2.45, 2.75) is 31.9 Å². The fourth-order valence-corrected chi connectivity index (χ4v) is 3.53. The topological polar surface area (TPSA) is 139 Å². The van der Waals surface area contributed by atoms with E-state index in [1.807, 2.05) is 0 Å². The number of ether oxygens (including phenoxy) is 1. The summed E-state index contributed by atoms with van der Waals surface area (Å²) in [6, 6.07) is 3.35. The predicted octanol–water partition coefficient (Wildman–Crippen LogP) is -0.599. The van der Waals surface area contributed by atoms with Gasteiger partial charge < -0.3 is 29.7 Å². The van der Waals surface area contributed by atoms with Crippen LogP contribution in [-0.4, -0.2) is 75.3 Å². The van der Waals surface area contributed by atoms with Crippen molar-refractivity contribution < 1.29 is 29.1 Å².